The summed E-state index contributed by atoms with van der Waals surface area (Å²) in [5.41, 5.74) is 1.94. The molecule has 1 aliphatic heterocycles. The molecule has 0 saturated carbocycles. The number of aromatic nitrogens is 1. The summed E-state index contributed by atoms with van der Waals surface area (Å²) in [4.78, 5) is 17.3. The van der Waals surface area contributed by atoms with Gasteiger partial charge in [0.05, 0.1) is 17.1 Å². The number of allylic oxidation sites excluding steroid dienone is 1. The van der Waals surface area contributed by atoms with Crippen LogP contribution in [0.15, 0.2) is 34.7 Å². The standard InChI is InChI=1S/C16H14N2O2S2/c1-9-7-10(3-4-11(9)20-2)8-12-14(19)13(15(17)22-12)16-18-5-6-21-16/h3-8,13,17H,1-2H3. The number of nitrogens with zero attached hydrogens (tertiary/aromatic N) is 1. The van der Waals surface area contributed by atoms with Crippen LogP contribution in [0.4, 0.5) is 0 Å². The number of benzene rings is 1. The predicted octanol–water partition coefficient (Wildman–Crippen LogP) is 3.88. The van der Waals surface area contributed by atoms with Crippen LogP contribution in [0.1, 0.15) is 22.1 Å². The largest absolute Gasteiger partial charge is 0.496 e. The topological polar surface area (TPSA) is 63.0 Å². The Labute approximate surface area is 136 Å². The first kappa shape index (κ1) is 15.0. The average molecular weight is 330 g/mol. The fourth-order valence-corrected chi connectivity index (χ4v) is 4.14. The molecule has 22 heavy (non-hydrogen) atoms. The molecule has 0 aliphatic carbocycles. The van der Waals surface area contributed by atoms with Gasteiger partial charge in [-0.2, -0.15) is 0 Å². The van der Waals surface area contributed by atoms with Crippen LogP contribution in [0.25, 0.3) is 6.08 Å². The molecule has 1 atom stereocenters. The van der Waals surface area contributed by atoms with E-state index in [0.717, 1.165) is 16.9 Å². The van der Waals surface area contributed by atoms with Crippen LogP contribution in [0.2, 0.25) is 0 Å². The Kier molecular flexibility index (Phi) is 4.13. The summed E-state index contributed by atoms with van der Waals surface area (Å²) in [5, 5.41) is 10.9. The number of rotatable bonds is 3. The van der Waals surface area contributed by atoms with Crippen molar-refractivity contribution in [2.24, 2.45) is 0 Å². The number of hydrogen-bond acceptors (Lipinski definition) is 6. The van der Waals surface area contributed by atoms with Crippen LogP contribution in [-0.2, 0) is 4.79 Å². The Morgan fingerprint density at radius 3 is 2.86 bits per heavy atom. The molecule has 112 valence electrons. The summed E-state index contributed by atoms with van der Waals surface area (Å²) < 4.78 is 5.24. The lowest BCUT2D eigenvalue weighted by atomic mass is 10.0. The fourth-order valence-electron chi connectivity index (χ4n) is 2.33. The Balaban J connectivity index is 1.91. The number of Topliss-reactive ketones (excluding diaryl/α,β-unsaturated/α-hetero) is 1. The SMILES string of the molecule is COc1ccc(C=C2SC(=N)C(c3nccs3)C2=O)cc1C. The molecule has 0 radical (unpaired) electrons. The Morgan fingerprint density at radius 2 is 2.23 bits per heavy atom. The van der Waals surface area contributed by atoms with Crippen LogP contribution in [0.3, 0.4) is 0 Å². The first-order chi connectivity index (χ1) is 10.6. The highest BCUT2D eigenvalue weighted by Crippen LogP contribution is 2.41. The molecule has 1 saturated heterocycles. The van der Waals surface area contributed by atoms with E-state index in [4.69, 9.17) is 10.1 Å². The zero-order valence-electron chi connectivity index (χ0n) is 12.1. The highest BCUT2D eigenvalue weighted by Gasteiger charge is 2.38. The minimum Gasteiger partial charge on any atom is -0.496 e. The highest BCUT2D eigenvalue weighted by atomic mass is 32.2. The summed E-state index contributed by atoms with van der Waals surface area (Å²) in [6.45, 7) is 1.96. The molecule has 1 aromatic heterocycles. The number of nitrogens with one attached hydrogen (secondary N) is 1. The van der Waals surface area contributed by atoms with E-state index in [2.05, 4.69) is 4.98 Å². The van der Waals surface area contributed by atoms with E-state index in [-0.39, 0.29) is 5.78 Å². The lowest BCUT2D eigenvalue weighted by Gasteiger charge is -2.05. The molecule has 1 N–H and O–H groups in total. The highest BCUT2D eigenvalue weighted by molar-refractivity contribution is 8.19. The van der Waals surface area contributed by atoms with Gasteiger partial charge < -0.3 is 4.74 Å². The van der Waals surface area contributed by atoms with Crippen molar-refractivity contribution < 1.29 is 9.53 Å². The van der Waals surface area contributed by atoms with E-state index >= 15 is 0 Å². The minimum atomic E-state index is -0.532. The first-order valence-electron chi connectivity index (χ1n) is 6.66. The van der Waals surface area contributed by atoms with E-state index in [1.165, 1.54) is 23.1 Å². The maximum absolute atomic E-state index is 12.5. The smallest absolute Gasteiger partial charge is 0.186 e. The van der Waals surface area contributed by atoms with Gasteiger partial charge in [-0.05, 0) is 36.3 Å². The Morgan fingerprint density at radius 1 is 1.41 bits per heavy atom. The lowest BCUT2D eigenvalue weighted by molar-refractivity contribution is -0.114. The molecule has 4 nitrogen and oxygen atoms in total. The number of carbonyl (C=O) groups is 1. The Bertz CT molecular complexity index is 766. The number of carbonyl (C=O) groups excluding carboxylic acids is 1. The zero-order chi connectivity index (χ0) is 15.7. The summed E-state index contributed by atoms with van der Waals surface area (Å²) in [7, 11) is 1.64. The third kappa shape index (κ3) is 2.71. The van der Waals surface area contributed by atoms with Gasteiger partial charge >= 0.3 is 0 Å². The monoisotopic (exact) mass is 330 g/mol. The molecule has 3 rings (SSSR count). The van der Waals surface area contributed by atoms with E-state index in [1.54, 1.807) is 13.3 Å². The third-order valence-electron chi connectivity index (χ3n) is 3.40. The maximum atomic E-state index is 12.5. The van der Waals surface area contributed by atoms with Crippen molar-refractivity contribution in [3.8, 4) is 5.75 Å². The second kappa shape index (κ2) is 6.06. The molecule has 6 heteroatoms. The predicted molar refractivity (Wildman–Crippen MR) is 90.9 cm³/mol. The molecule has 2 aromatic rings. The van der Waals surface area contributed by atoms with E-state index in [0.29, 0.717) is 15.0 Å². The summed E-state index contributed by atoms with van der Waals surface area (Å²) >= 11 is 2.63. The van der Waals surface area contributed by atoms with Gasteiger partial charge in [0, 0.05) is 11.6 Å². The maximum Gasteiger partial charge on any atom is 0.186 e. The average Bonchev–Trinajstić information content (AvgIpc) is 3.08. The van der Waals surface area contributed by atoms with Crippen LogP contribution in [0, 0.1) is 12.3 Å². The van der Waals surface area contributed by atoms with Gasteiger partial charge in [-0.1, -0.05) is 17.8 Å². The number of hydrogen-bond donors (Lipinski definition) is 1. The molecule has 0 spiro atoms. The zero-order valence-corrected chi connectivity index (χ0v) is 13.8. The van der Waals surface area contributed by atoms with Crippen molar-refractivity contribution >= 4 is 40.0 Å². The van der Waals surface area contributed by atoms with Gasteiger partial charge in [0.2, 0.25) is 0 Å². The molecule has 0 bridgehead atoms. The molecule has 0 amide bonds. The second-order valence-electron chi connectivity index (χ2n) is 4.87. The number of thioether (sulfide) groups is 1. The number of methoxy groups -OCH3 is 1. The van der Waals surface area contributed by atoms with E-state index in [9.17, 15) is 4.79 Å². The van der Waals surface area contributed by atoms with Crippen molar-refractivity contribution in [2.75, 3.05) is 7.11 Å². The van der Waals surface area contributed by atoms with Crippen molar-refractivity contribution in [1.82, 2.24) is 4.98 Å². The van der Waals surface area contributed by atoms with Gasteiger partial charge in [-0.15, -0.1) is 11.3 Å². The normalized spacial score (nSPS) is 19.9. The molecule has 2 heterocycles. The van der Waals surface area contributed by atoms with E-state index in [1.807, 2.05) is 36.6 Å². The summed E-state index contributed by atoms with van der Waals surface area (Å²) in [6, 6.07) is 5.77. The van der Waals surface area contributed by atoms with Gasteiger partial charge in [0.15, 0.2) is 5.78 Å². The van der Waals surface area contributed by atoms with Crippen LogP contribution in [-0.4, -0.2) is 22.9 Å². The molecule has 1 aromatic carbocycles. The van der Waals surface area contributed by atoms with Crippen LogP contribution in [0.5, 0.6) is 5.75 Å². The fraction of sp³-hybridized carbons (Fsp3) is 0.188. The van der Waals surface area contributed by atoms with Crippen molar-refractivity contribution in [2.45, 2.75) is 12.8 Å². The number of ether oxygens (including phenoxy) is 1. The molecule has 1 aliphatic rings. The first-order valence-corrected chi connectivity index (χ1v) is 8.36. The summed E-state index contributed by atoms with van der Waals surface area (Å²) in [5.74, 6) is 0.245. The van der Waals surface area contributed by atoms with Crippen molar-refractivity contribution in [3.05, 3.63) is 50.8 Å². The van der Waals surface area contributed by atoms with E-state index < -0.39 is 5.92 Å². The quantitative estimate of drug-likeness (QED) is 0.868. The third-order valence-corrected chi connectivity index (χ3v) is 5.24. The number of ketones is 1. The molecular formula is C16H14N2O2S2. The van der Waals surface area contributed by atoms with Gasteiger partial charge in [0.25, 0.3) is 0 Å². The number of thiazole rings is 1. The second-order valence-corrected chi connectivity index (χ2v) is 6.88. The van der Waals surface area contributed by atoms with Crippen molar-refractivity contribution in [3.63, 3.8) is 0 Å². The summed E-state index contributed by atoms with van der Waals surface area (Å²) in [6.07, 6.45) is 3.50. The van der Waals surface area contributed by atoms with Gasteiger partial charge in [-0.25, -0.2) is 4.98 Å². The molecular weight excluding hydrogens is 316 g/mol. The lowest BCUT2D eigenvalue weighted by Crippen LogP contribution is -2.11. The van der Waals surface area contributed by atoms with Gasteiger partial charge in [-0.3, -0.25) is 10.2 Å². The minimum absolute atomic E-state index is 0.0431. The molecule has 1 fully saturated rings. The van der Waals surface area contributed by atoms with Crippen molar-refractivity contribution in [1.29, 1.82) is 5.41 Å². The molecule has 1 unspecified atom stereocenters. The van der Waals surface area contributed by atoms with Crippen LogP contribution < -0.4 is 4.74 Å². The number of aryl methyl sites for hydroxylation is 1. The Hall–Kier alpha value is -1.92. The van der Waals surface area contributed by atoms with Crippen LogP contribution >= 0.6 is 23.1 Å². The van der Waals surface area contributed by atoms with Gasteiger partial charge in [0.1, 0.15) is 16.7 Å².